The number of morpholine rings is 1. The molecule has 0 saturated carbocycles. The van der Waals surface area contributed by atoms with Crippen LogP contribution in [-0.2, 0) is 16.1 Å². The fraction of sp³-hybridized carbons (Fsp3) is 0.632. The molecular weight excluding hydrogens is 302 g/mol. The maximum Gasteiger partial charge on any atom is 0.279 e. The van der Waals surface area contributed by atoms with Crippen molar-refractivity contribution in [1.82, 2.24) is 0 Å². The van der Waals surface area contributed by atoms with Crippen molar-refractivity contribution in [3.05, 3.63) is 29.8 Å². The maximum atomic E-state index is 12.3. The lowest BCUT2D eigenvalue weighted by Crippen LogP contribution is -3.16. The highest BCUT2D eigenvalue weighted by Gasteiger charge is 2.27. The van der Waals surface area contributed by atoms with E-state index in [0.29, 0.717) is 6.54 Å². The van der Waals surface area contributed by atoms with Crippen LogP contribution >= 0.6 is 0 Å². The largest absolute Gasteiger partial charge is 0.364 e. The first-order valence-electron chi connectivity index (χ1n) is 9.30. The minimum atomic E-state index is 0.0872. The Morgan fingerprint density at radius 1 is 1.08 bits per heavy atom. The highest BCUT2D eigenvalue weighted by molar-refractivity contribution is 5.91. The van der Waals surface area contributed by atoms with Gasteiger partial charge in [0.2, 0.25) is 0 Å². The van der Waals surface area contributed by atoms with Crippen LogP contribution in [0.1, 0.15) is 32.3 Å². The highest BCUT2D eigenvalue weighted by atomic mass is 16.5. The van der Waals surface area contributed by atoms with E-state index in [1.54, 1.807) is 4.90 Å². The number of hydrogen-bond donors (Lipinski definition) is 3. The zero-order chi connectivity index (χ0) is 16.9. The predicted molar refractivity (Wildman–Crippen MR) is 94.3 cm³/mol. The molecule has 1 unspecified atom stereocenters. The predicted octanol–water partition coefficient (Wildman–Crippen LogP) is -0.504. The van der Waals surface area contributed by atoms with E-state index in [2.05, 4.69) is 31.3 Å². The summed E-state index contributed by atoms with van der Waals surface area (Å²) in [4.78, 5) is 15.3. The first-order chi connectivity index (χ1) is 11.6. The van der Waals surface area contributed by atoms with E-state index in [1.807, 2.05) is 12.1 Å². The van der Waals surface area contributed by atoms with Gasteiger partial charge in [0.25, 0.3) is 5.91 Å². The van der Waals surface area contributed by atoms with Gasteiger partial charge in [-0.15, -0.1) is 0 Å². The first-order valence-corrected chi connectivity index (χ1v) is 9.30. The summed E-state index contributed by atoms with van der Waals surface area (Å²) >= 11 is 0. The van der Waals surface area contributed by atoms with Crippen LogP contribution in [0.25, 0.3) is 0 Å². The summed E-state index contributed by atoms with van der Waals surface area (Å²) in [7, 11) is 0. The number of hydrogen-bond acceptors (Lipinski definition) is 2. The summed E-state index contributed by atoms with van der Waals surface area (Å²) in [5.41, 5.74) is 2.25. The van der Waals surface area contributed by atoms with E-state index in [4.69, 9.17) is 4.74 Å². The Balaban J connectivity index is 1.47. The molecule has 132 valence electrons. The van der Waals surface area contributed by atoms with Crippen LogP contribution in [0, 0.1) is 0 Å². The van der Waals surface area contributed by atoms with Crippen LogP contribution in [0.3, 0.4) is 0 Å². The van der Waals surface area contributed by atoms with E-state index in [0.717, 1.165) is 25.3 Å². The molecule has 3 rings (SSSR count). The van der Waals surface area contributed by atoms with Gasteiger partial charge in [0.05, 0.1) is 13.1 Å². The van der Waals surface area contributed by atoms with Crippen LogP contribution in [0.2, 0.25) is 0 Å². The third-order valence-electron chi connectivity index (χ3n) is 5.03. The number of quaternary nitrogens is 2. The summed E-state index contributed by atoms with van der Waals surface area (Å²) in [5, 5.41) is 3.03. The Morgan fingerprint density at radius 2 is 1.71 bits per heavy atom. The van der Waals surface area contributed by atoms with Gasteiger partial charge in [0.15, 0.2) is 6.54 Å². The van der Waals surface area contributed by atoms with Crippen LogP contribution in [-0.4, -0.2) is 50.8 Å². The number of nitrogens with one attached hydrogen (secondary N) is 3. The van der Waals surface area contributed by atoms with Crippen molar-refractivity contribution < 1.29 is 19.3 Å². The molecular formula is C19H31N3O2+2. The number of rotatable bonds is 5. The molecule has 0 radical (unpaired) electrons. The zero-order valence-corrected chi connectivity index (χ0v) is 14.9. The standard InChI is InChI=1S/C19H29N3O2/c1-15-11-22(12-16(2)24-15)14-19(23)20-18-7-5-17(6-8-18)13-21-9-3-4-10-21/h5-8,15-16H,3-4,9-14H2,1-2H3,(H,20,23)/p+2/t15-,16+. The third-order valence-corrected chi connectivity index (χ3v) is 5.03. The molecule has 3 N–H and O–H groups in total. The van der Waals surface area contributed by atoms with Gasteiger partial charge >= 0.3 is 0 Å². The highest BCUT2D eigenvalue weighted by Crippen LogP contribution is 2.09. The zero-order valence-electron chi connectivity index (χ0n) is 14.9. The third kappa shape index (κ3) is 5.03. The number of anilines is 1. The van der Waals surface area contributed by atoms with Crippen molar-refractivity contribution in [1.29, 1.82) is 0 Å². The average molecular weight is 333 g/mol. The Morgan fingerprint density at radius 3 is 2.33 bits per heavy atom. The summed E-state index contributed by atoms with van der Waals surface area (Å²) < 4.78 is 5.73. The normalized spacial score (nSPS) is 28.0. The second-order valence-electron chi connectivity index (χ2n) is 7.47. The van der Waals surface area contributed by atoms with Crippen molar-refractivity contribution >= 4 is 11.6 Å². The molecule has 2 heterocycles. The summed E-state index contributed by atoms with van der Waals surface area (Å²) in [6.07, 6.45) is 3.16. The molecule has 5 nitrogen and oxygen atoms in total. The lowest BCUT2D eigenvalue weighted by atomic mass is 10.2. The van der Waals surface area contributed by atoms with E-state index < -0.39 is 0 Å². The topological polar surface area (TPSA) is 47.2 Å². The molecule has 2 fully saturated rings. The molecule has 2 aliphatic heterocycles. The fourth-order valence-electron chi connectivity index (χ4n) is 4.01. The van der Waals surface area contributed by atoms with Crippen LogP contribution in [0.5, 0.6) is 0 Å². The Labute approximate surface area is 145 Å². The Bertz CT molecular complexity index is 530. The van der Waals surface area contributed by atoms with E-state index in [-0.39, 0.29) is 18.1 Å². The monoisotopic (exact) mass is 333 g/mol. The van der Waals surface area contributed by atoms with Crippen molar-refractivity contribution in [2.45, 2.75) is 45.4 Å². The second kappa shape index (κ2) is 8.10. The number of benzene rings is 1. The quantitative estimate of drug-likeness (QED) is 0.680. The van der Waals surface area contributed by atoms with Gasteiger partial charge in [-0.2, -0.15) is 0 Å². The number of amides is 1. The molecule has 0 spiro atoms. The summed E-state index contributed by atoms with van der Waals surface area (Å²) in [6.45, 7) is 10.1. The Hall–Kier alpha value is -1.43. The van der Waals surface area contributed by atoms with Gasteiger partial charge < -0.3 is 19.9 Å². The van der Waals surface area contributed by atoms with E-state index in [1.165, 1.54) is 36.4 Å². The van der Waals surface area contributed by atoms with Crippen LogP contribution in [0.15, 0.2) is 24.3 Å². The van der Waals surface area contributed by atoms with Gasteiger partial charge in [-0.3, -0.25) is 4.79 Å². The molecule has 3 atom stereocenters. The van der Waals surface area contributed by atoms with Gasteiger partial charge in [-0.05, 0) is 26.0 Å². The average Bonchev–Trinajstić information content (AvgIpc) is 3.01. The number of carbonyl (C=O) groups is 1. The maximum absolute atomic E-state index is 12.3. The van der Waals surface area contributed by atoms with Crippen molar-refractivity contribution in [2.75, 3.05) is 38.0 Å². The molecule has 2 saturated heterocycles. The Kier molecular flexibility index (Phi) is 5.87. The van der Waals surface area contributed by atoms with Gasteiger partial charge in [0, 0.05) is 24.1 Å². The minimum absolute atomic E-state index is 0.0872. The minimum Gasteiger partial charge on any atom is -0.364 e. The number of carbonyl (C=O) groups excluding carboxylic acids is 1. The lowest BCUT2D eigenvalue weighted by Gasteiger charge is -2.31. The van der Waals surface area contributed by atoms with Crippen molar-refractivity contribution in [2.24, 2.45) is 0 Å². The number of likely N-dealkylation sites (tertiary alicyclic amines) is 1. The molecule has 0 aliphatic carbocycles. The van der Waals surface area contributed by atoms with Gasteiger partial charge in [-0.25, -0.2) is 0 Å². The second-order valence-corrected chi connectivity index (χ2v) is 7.47. The smallest absolute Gasteiger partial charge is 0.279 e. The van der Waals surface area contributed by atoms with E-state index >= 15 is 0 Å². The fourth-order valence-corrected chi connectivity index (χ4v) is 4.01. The molecule has 1 aromatic rings. The SMILES string of the molecule is C[C@@H]1C[NH+](CC(=O)Nc2ccc(C[NH+]3CCCC3)cc2)C[C@H](C)O1. The molecule has 5 heteroatoms. The van der Waals surface area contributed by atoms with Crippen molar-refractivity contribution in [3.8, 4) is 0 Å². The van der Waals surface area contributed by atoms with Crippen LogP contribution in [0.4, 0.5) is 5.69 Å². The molecule has 0 aromatic heterocycles. The van der Waals surface area contributed by atoms with E-state index in [9.17, 15) is 4.79 Å². The van der Waals surface area contributed by atoms with Gasteiger partial charge in [0.1, 0.15) is 31.8 Å². The molecule has 0 bridgehead atoms. The van der Waals surface area contributed by atoms with Crippen molar-refractivity contribution in [3.63, 3.8) is 0 Å². The van der Waals surface area contributed by atoms with Gasteiger partial charge in [-0.1, -0.05) is 12.1 Å². The summed E-state index contributed by atoms with van der Waals surface area (Å²) in [5.74, 6) is 0.0872. The molecule has 24 heavy (non-hydrogen) atoms. The lowest BCUT2D eigenvalue weighted by molar-refractivity contribution is -0.907. The van der Waals surface area contributed by atoms with Crippen LogP contribution < -0.4 is 15.1 Å². The molecule has 1 aromatic carbocycles. The molecule has 1 amide bonds. The number of ether oxygens (including phenoxy) is 1. The first kappa shape index (κ1) is 17.4. The molecule has 2 aliphatic rings. The summed E-state index contributed by atoms with van der Waals surface area (Å²) in [6, 6.07) is 8.35.